The Balaban J connectivity index is 2.00. The molecule has 4 rings (SSSR count). The van der Waals surface area contributed by atoms with Gasteiger partial charge in [0.05, 0.1) is 4.90 Å². The van der Waals surface area contributed by atoms with Crippen LogP contribution in [0.3, 0.4) is 0 Å². The molecule has 0 saturated carbocycles. The highest BCUT2D eigenvalue weighted by Gasteiger charge is 2.58. The summed E-state index contributed by atoms with van der Waals surface area (Å²) in [5.41, 5.74) is 6.08. The summed E-state index contributed by atoms with van der Waals surface area (Å²) in [7, 11) is -3.89. The molecule has 138 valence electrons. The standard InChI is InChI=1S/C21H25NO3S/c1-12-6-8-16-14(10-12)18-19(20(16,2)3)15-11-13(26(24,25)22-23)7-9-17(15)21(18,4)5/h6-11,18-19,22-23H,1-5H3. The van der Waals surface area contributed by atoms with Crippen LogP contribution >= 0.6 is 0 Å². The zero-order valence-corrected chi connectivity index (χ0v) is 16.6. The van der Waals surface area contributed by atoms with Crippen molar-refractivity contribution in [1.82, 2.24) is 4.89 Å². The molecule has 0 radical (unpaired) electrons. The van der Waals surface area contributed by atoms with Crippen LogP contribution in [0.25, 0.3) is 0 Å². The molecule has 0 spiro atoms. The maximum absolute atomic E-state index is 12.1. The number of hydrogen-bond donors (Lipinski definition) is 2. The lowest BCUT2D eigenvalue weighted by Gasteiger charge is -2.31. The molecule has 0 saturated heterocycles. The summed E-state index contributed by atoms with van der Waals surface area (Å²) in [6.45, 7) is 11.1. The predicted molar refractivity (Wildman–Crippen MR) is 101 cm³/mol. The lowest BCUT2D eigenvalue weighted by Crippen LogP contribution is -2.25. The average molecular weight is 372 g/mol. The third kappa shape index (κ3) is 2.11. The van der Waals surface area contributed by atoms with Gasteiger partial charge in [0.2, 0.25) is 0 Å². The molecule has 2 N–H and O–H groups in total. The van der Waals surface area contributed by atoms with E-state index in [2.05, 4.69) is 52.8 Å². The van der Waals surface area contributed by atoms with Crippen LogP contribution in [0, 0.1) is 6.92 Å². The molecule has 2 atom stereocenters. The molecule has 5 heteroatoms. The SMILES string of the molecule is Cc1ccc2c(c1)C1C(c3cc(S(=O)(=O)NO)ccc3C1(C)C)C2(C)C. The first-order valence-electron chi connectivity index (χ1n) is 8.93. The summed E-state index contributed by atoms with van der Waals surface area (Å²) in [5, 5.41) is 9.02. The van der Waals surface area contributed by atoms with Crippen LogP contribution in [-0.2, 0) is 20.9 Å². The van der Waals surface area contributed by atoms with Gasteiger partial charge in [-0.25, -0.2) is 8.42 Å². The Morgan fingerprint density at radius 2 is 1.38 bits per heavy atom. The van der Waals surface area contributed by atoms with E-state index in [1.54, 1.807) is 12.1 Å². The minimum Gasteiger partial charge on any atom is -0.302 e. The summed E-state index contributed by atoms with van der Waals surface area (Å²) in [4.78, 5) is 1.56. The van der Waals surface area contributed by atoms with E-state index < -0.39 is 10.0 Å². The smallest absolute Gasteiger partial charge is 0.262 e. The number of nitrogens with one attached hydrogen (secondary N) is 1. The zero-order valence-electron chi connectivity index (χ0n) is 15.8. The minimum atomic E-state index is -3.89. The maximum Gasteiger partial charge on any atom is 0.262 e. The van der Waals surface area contributed by atoms with Crippen molar-refractivity contribution in [3.8, 4) is 0 Å². The molecular formula is C21H25NO3S. The Hall–Kier alpha value is -1.69. The van der Waals surface area contributed by atoms with Crippen LogP contribution in [0.2, 0.25) is 0 Å². The first kappa shape index (κ1) is 17.7. The minimum absolute atomic E-state index is 0.0920. The molecule has 0 aromatic heterocycles. The van der Waals surface area contributed by atoms with Gasteiger partial charge in [-0.3, -0.25) is 0 Å². The molecule has 2 aromatic carbocycles. The van der Waals surface area contributed by atoms with E-state index in [4.69, 9.17) is 5.21 Å². The van der Waals surface area contributed by atoms with Gasteiger partial charge in [-0.1, -0.05) is 62.4 Å². The van der Waals surface area contributed by atoms with Crippen LogP contribution in [0.1, 0.15) is 67.3 Å². The molecule has 0 fully saturated rings. The first-order valence-corrected chi connectivity index (χ1v) is 10.4. The summed E-state index contributed by atoms with van der Waals surface area (Å²) in [5.74, 6) is 0.514. The van der Waals surface area contributed by atoms with Crippen molar-refractivity contribution in [3.63, 3.8) is 0 Å². The van der Waals surface area contributed by atoms with Gasteiger partial charge in [0.25, 0.3) is 10.0 Å². The van der Waals surface area contributed by atoms with Gasteiger partial charge in [0.15, 0.2) is 0 Å². The van der Waals surface area contributed by atoms with E-state index in [0.717, 1.165) is 5.56 Å². The second-order valence-electron chi connectivity index (χ2n) is 8.83. The fraction of sp³-hybridized carbons (Fsp3) is 0.429. The molecular weight excluding hydrogens is 346 g/mol. The van der Waals surface area contributed by atoms with Crippen molar-refractivity contribution < 1.29 is 13.6 Å². The third-order valence-electron chi connectivity index (χ3n) is 6.61. The molecule has 0 amide bonds. The van der Waals surface area contributed by atoms with Crippen molar-refractivity contribution in [2.45, 2.75) is 62.2 Å². The molecule has 4 nitrogen and oxygen atoms in total. The summed E-state index contributed by atoms with van der Waals surface area (Å²) >= 11 is 0. The second-order valence-corrected chi connectivity index (χ2v) is 10.5. The molecule has 26 heavy (non-hydrogen) atoms. The van der Waals surface area contributed by atoms with Gasteiger partial charge in [-0.05, 0) is 52.1 Å². The predicted octanol–water partition coefficient (Wildman–Crippen LogP) is 4.11. The zero-order chi connectivity index (χ0) is 19.1. The van der Waals surface area contributed by atoms with Crippen LogP contribution < -0.4 is 4.89 Å². The van der Waals surface area contributed by atoms with Crippen molar-refractivity contribution in [1.29, 1.82) is 0 Å². The fourth-order valence-corrected chi connectivity index (χ4v) is 6.07. The Labute approximate surface area is 155 Å². The maximum atomic E-state index is 12.1. The molecule has 0 heterocycles. The second kappa shape index (κ2) is 5.18. The van der Waals surface area contributed by atoms with Crippen molar-refractivity contribution >= 4 is 10.0 Å². The van der Waals surface area contributed by atoms with Crippen LogP contribution in [0.4, 0.5) is 0 Å². The summed E-state index contributed by atoms with van der Waals surface area (Å²) in [6.07, 6.45) is 0. The highest BCUT2D eigenvalue weighted by molar-refractivity contribution is 7.89. The van der Waals surface area contributed by atoms with Gasteiger partial charge >= 0.3 is 0 Å². The van der Waals surface area contributed by atoms with Gasteiger partial charge in [0.1, 0.15) is 0 Å². The van der Waals surface area contributed by atoms with Gasteiger partial charge in [-0.2, -0.15) is 0 Å². The number of rotatable bonds is 2. The van der Waals surface area contributed by atoms with E-state index in [9.17, 15) is 8.42 Å². The third-order valence-corrected chi connectivity index (χ3v) is 7.72. The monoisotopic (exact) mass is 371 g/mol. The quantitative estimate of drug-likeness (QED) is 0.781. The van der Waals surface area contributed by atoms with Gasteiger partial charge < -0.3 is 5.21 Å². The number of hydrogen-bond acceptors (Lipinski definition) is 3. The highest BCUT2D eigenvalue weighted by atomic mass is 32.2. The number of aryl methyl sites for hydroxylation is 1. The highest BCUT2D eigenvalue weighted by Crippen LogP contribution is 2.67. The lowest BCUT2D eigenvalue weighted by molar-refractivity contribution is 0.242. The van der Waals surface area contributed by atoms with Crippen LogP contribution in [0.5, 0.6) is 0 Å². The molecule has 0 bridgehead atoms. The van der Waals surface area contributed by atoms with Crippen molar-refractivity contribution in [2.75, 3.05) is 0 Å². The fourth-order valence-electron chi connectivity index (χ4n) is 5.44. The van der Waals surface area contributed by atoms with Gasteiger partial charge in [0, 0.05) is 11.8 Å². The van der Waals surface area contributed by atoms with Crippen LogP contribution in [0.15, 0.2) is 41.3 Å². The van der Waals surface area contributed by atoms with E-state index in [0.29, 0.717) is 5.92 Å². The summed E-state index contributed by atoms with van der Waals surface area (Å²) < 4.78 is 24.2. The normalized spacial score (nSPS) is 24.8. The largest absolute Gasteiger partial charge is 0.302 e. The first-order chi connectivity index (χ1) is 12.0. The molecule has 0 aliphatic heterocycles. The Morgan fingerprint density at radius 3 is 1.92 bits per heavy atom. The van der Waals surface area contributed by atoms with E-state index in [1.807, 2.05) is 6.07 Å². The Bertz CT molecular complexity index is 1020. The Morgan fingerprint density at radius 1 is 0.885 bits per heavy atom. The number of fused-ring (bicyclic) bond motifs is 5. The number of benzene rings is 2. The van der Waals surface area contributed by atoms with E-state index in [-0.39, 0.29) is 21.6 Å². The molecule has 2 unspecified atom stereocenters. The van der Waals surface area contributed by atoms with Crippen LogP contribution in [-0.4, -0.2) is 13.6 Å². The molecule has 2 aliphatic carbocycles. The summed E-state index contributed by atoms with van der Waals surface area (Å²) in [6, 6.07) is 11.9. The van der Waals surface area contributed by atoms with Crippen molar-refractivity contribution in [3.05, 3.63) is 64.2 Å². The molecule has 2 aromatic rings. The lowest BCUT2D eigenvalue weighted by atomic mass is 9.72. The van der Waals surface area contributed by atoms with E-state index in [1.165, 1.54) is 27.1 Å². The Kier molecular flexibility index (Phi) is 3.53. The topological polar surface area (TPSA) is 66.4 Å². The number of sulfonamides is 1. The van der Waals surface area contributed by atoms with E-state index >= 15 is 0 Å². The van der Waals surface area contributed by atoms with Gasteiger partial charge in [-0.15, -0.1) is 0 Å². The van der Waals surface area contributed by atoms with Crippen molar-refractivity contribution in [2.24, 2.45) is 0 Å². The molecule has 2 aliphatic rings. The average Bonchev–Trinajstić information content (AvgIpc) is 2.95.